The summed E-state index contributed by atoms with van der Waals surface area (Å²) in [4.78, 5) is 0. The summed E-state index contributed by atoms with van der Waals surface area (Å²) in [5, 5.41) is 11.6. The second-order valence-electron chi connectivity index (χ2n) is 5.28. The normalized spacial score (nSPS) is 11.1. The molecule has 1 N–H and O–H groups in total. The van der Waals surface area contributed by atoms with Gasteiger partial charge >= 0.3 is 0 Å². The molecule has 2 aromatic carbocycles. The van der Waals surface area contributed by atoms with Crippen LogP contribution >= 0.6 is 12.2 Å². The Bertz CT molecular complexity index is 909. The Morgan fingerprint density at radius 1 is 1.25 bits per heavy atom. The van der Waals surface area contributed by atoms with Gasteiger partial charge in [0.2, 0.25) is 4.77 Å². The van der Waals surface area contributed by atoms with Crippen LogP contribution in [0.1, 0.15) is 18.1 Å². The average Bonchev–Trinajstić information content (AvgIpc) is 2.95. The van der Waals surface area contributed by atoms with Crippen molar-refractivity contribution in [1.29, 1.82) is 0 Å². The Kier molecular flexibility index (Phi) is 4.86. The Morgan fingerprint density at radius 3 is 2.75 bits per heavy atom. The van der Waals surface area contributed by atoms with Crippen molar-refractivity contribution in [1.82, 2.24) is 14.9 Å². The number of H-pyrrole nitrogens is 1. The van der Waals surface area contributed by atoms with Crippen LogP contribution in [-0.4, -0.2) is 27.7 Å². The molecule has 3 aromatic rings. The highest BCUT2D eigenvalue weighted by Gasteiger charge is 2.08. The second kappa shape index (κ2) is 7.23. The van der Waals surface area contributed by atoms with E-state index in [4.69, 9.17) is 17.0 Å². The molecule has 6 heteroatoms. The zero-order chi connectivity index (χ0) is 16.9. The Balaban J connectivity index is 1.92. The number of nitrogens with zero attached hydrogens (tertiary/aromatic N) is 3. The van der Waals surface area contributed by atoms with E-state index in [0.717, 1.165) is 16.9 Å². The number of hydrogen-bond acceptors (Lipinski definition) is 4. The average molecular weight is 338 g/mol. The van der Waals surface area contributed by atoms with Crippen LogP contribution in [-0.2, 0) is 0 Å². The Labute approximate surface area is 145 Å². The third-order valence-corrected chi connectivity index (χ3v) is 3.70. The minimum absolute atomic E-state index is 0.447. The molecular formula is C18H18N4OS. The van der Waals surface area contributed by atoms with Crippen molar-refractivity contribution in [2.75, 3.05) is 6.61 Å². The molecule has 0 atom stereocenters. The van der Waals surface area contributed by atoms with E-state index in [-0.39, 0.29) is 0 Å². The smallest absolute Gasteiger partial charge is 0.216 e. The lowest BCUT2D eigenvalue weighted by Gasteiger charge is -2.04. The Hall–Kier alpha value is -2.73. The largest absolute Gasteiger partial charge is 0.494 e. The number of rotatable bonds is 5. The maximum absolute atomic E-state index is 5.46. The zero-order valence-corrected chi connectivity index (χ0v) is 14.4. The lowest BCUT2D eigenvalue weighted by molar-refractivity contribution is 0.340. The molecule has 1 aromatic heterocycles. The molecule has 0 unspecified atom stereocenters. The van der Waals surface area contributed by atoms with E-state index in [1.54, 1.807) is 10.9 Å². The van der Waals surface area contributed by atoms with Gasteiger partial charge in [0.15, 0.2) is 5.82 Å². The molecule has 0 bridgehead atoms. The van der Waals surface area contributed by atoms with Gasteiger partial charge in [0.25, 0.3) is 0 Å². The zero-order valence-electron chi connectivity index (χ0n) is 13.6. The number of aromatic nitrogens is 3. The first-order chi connectivity index (χ1) is 11.7. The molecule has 1 heterocycles. The number of nitrogens with one attached hydrogen (secondary N) is 1. The highest BCUT2D eigenvalue weighted by molar-refractivity contribution is 7.71. The minimum Gasteiger partial charge on any atom is -0.494 e. The van der Waals surface area contributed by atoms with Crippen LogP contribution in [0.3, 0.4) is 0 Å². The van der Waals surface area contributed by atoms with Crippen LogP contribution in [0.25, 0.3) is 11.4 Å². The molecule has 0 saturated heterocycles. The third-order valence-electron chi connectivity index (χ3n) is 3.44. The van der Waals surface area contributed by atoms with Crippen molar-refractivity contribution in [2.24, 2.45) is 5.10 Å². The molecule has 0 radical (unpaired) electrons. The van der Waals surface area contributed by atoms with Gasteiger partial charge in [-0.15, -0.1) is 0 Å². The molecule has 3 rings (SSSR count). The summed E-state index contributed by atoms with van der Waals surface area (Å²) in [6.45, 7) is 4.64. The number of ether oxygens (including phenoxy) is 1. The van der Waals surface area contributed by atoms with Gasteiger partial charge in [0.1, 0.15) is 5.75 Å². The van der Waals surface area contributed by atoms with Crippen molar-refractivity contribution < 1.29 is 4.74 Å². The molecule has 5 nitrogen and oxygen atoms in total. The SMILES string of the molecule is CCOc1ccc(-c2n[nH]c(=S)n2N=Cc2cccc(C)c2)cc1. The summed E-state index contributed by atoms with van der Waals surface area (Å²) in [7, 11) is 0. The summed E-state index contributed by atoms with van der Waals surface area (Å²) < 4.78 is 7.53. The fraction of sp³-hybridized carbons (Fsp3) is 0.167. The number of aryl methyl sites for hydroxylation is 1. The van der Waals surface area contributed by atoms with Gasteiger partial charge in [-0.05, 0) is 55.9 Å². The molecule has 24 heavy (non-hydrogen) atoms. The quantitative estimate of drug-likeness (QED) is 0.560. The van der Waals surface area contributed by atoms with E-state index in [1.807, 2.05) is 56.3 Å². The number of benzene rings is 2. The lowest BCUT2D eigenvalue weighted by atomic mass is 10.2. The molecule has 0 aliphatic carbocycles. The van der Waals surface area contributed by atoms with Gasteiger partial charge in [0, 0.05) is 5.56 Å². The van der Waals surface area contributed by atoms with Gasteiger partial charge in [-0.2, -0.15) is 14.9 Å². The maximum Gasteiger partial charge on any atom is 0.216 e. The summed E-state index contributed by atoms with van der Waals surface area (Å²) in [5.41, 5.74) is 3.10. The topological polar surface area (TPSA) is 55.2 Å². The van der Waals surface area contributed by atoms with Crippen LogP contribution in [0.15, 0.2) is 53.6 Å². The van der Waals surface area contributed by atoms with Crippen molar-refractivity contribution in [2.45, 2.75) is 13.8 Å². The second-order valence-corrected chi connectivity index (χ2v) is 5.67. The van der Waals surface area contributed by atoms with Gasteiger partial charge < -0.3 is 4.74 Å². The molecule has 0 amide bonds. The van der Waals surface area contributed by atoms with Crippen molar-refractivity contribution in [3.8, 4) is 17.1 Å². The van der Waals surface area contributed by atoms with Crippen LogP contribution in [0.2, 0.25) is 0 Å². The van der Waals surface area contributed by atoms with E-state index in [0.29, 0.717) is 17.2 Å². The fourth-order valence-corrected chi connectivity index (χ4v) is 2.51. The van der Waals surface area contributed by atoms with Crippen LogP contribution in [0.4, 0.5) is 0 Å². The van der Waals surface area contributed by atoms with Crippen LogP contribution < -0.4 is 4.74 Å². The predicted molar refractivity (Wildman–Crippen MR) is 98.2 cm³/mol. The molecule has 0 spiro atoms. The lowest BCUT2D eigenvalue weighted by Crippen LogP contribution is -1.96. The number of hydrogen-bond donors (Lipinski definition) is 1. The highest BCUT2D eigenvalue weighted by Crippen LogP contribution is 2.21. The first kappa shape index (κ1) is 16.1. The van der Waals surface area contributed by atoms with Crippen LogP contribution in [0, 0.1) is 11.7 Å². The first-order valence-electron chi connectivity index (χ1n) is 7.69. The molecule has 0 fully saturated rings. The van der Waals surface area contributed by atoms with Gasteiger partial charge in [0.05, 0.1) is 12.8 Å². The van der Waals surface area contributed by atoms with Crippen molar-refractivity contribution in [3.05, 3.63) is 64.4 Å². The van der Waals surface area contributed by atoms with E-state index in [1.165, 1.54) is 5.56 Å². The molecule has 0 aliphatic heterocycles. The highest BCUT2D eigenvalue weighted by atomic mass is 32.1. The van der Waals surface area contributed by atoms with Crippen LogP contribution in [0.5, 0.6) is 5.75 Å². The van der Waals surface area contributed by atoms with Gasteiger partial charge in [-0.3, -0.25) is 0 Å². The third kappa shape index (κ3) is 3.60. The molecule has 122 valence electrons. The predicted octanol–water partition coefficient (Wildman–Crippen LogP) is 4.20. The minimum atomic E-state index is 0.447. The van der Waals surface area contributed by atoms with Gasteiger partial charge in [-0.1, -0.05) is 29.8 Å². The van der Waals surface area contributed by atoms with E-state index >= 15 is 0 Å². The summed E-state index contributed by atoms with van der Waals surface area (Å²) in [6.07, 6.45) is 1.77. The van der Waals surface area contributed by atoms with E-state index in [2.05, 4.69) is 21.4 Å². The molecular weight excluding hydrogens is 320 g/mol. The summed E-state index contributed by atoms with van der Waals surface area (Å²) >= 11 is 5.29. The molecule has 0 saturated carbocycles. The van der Waals surface area contributed by atoms with Gasteiger partial charge in [-0.25, -0.2) is 5.10 Å². The van der Waals surface area contributed by atoms with E-state index < -0.39 is 0 Å². The maximum atomic E-state index is 5.46. The van der Waals surface area contributed by atoms with Crippen molar-refractivity contribution >= 4 is 18.4 Å². The van der Waals surface area contributed by atoms with Crippen molar-refractivity contribution in [3.63, 3.8) is 0 Å². The summed E-state index contributed by atoms with van der Waals surface area (Å²) in [5.74, 6) is 1.48. The number of aromatic amines is 1. The Morgan fingerprint density at radius 2 is 2.04 bits per heavy atom. The van der Waals surface area contributed by atoms with E-state index in [9.17, 15) is 0 Å². The monoisotopic (exact) mass is 338 g/mol. The summed E-state index contributed by atoms with van der Waals surface area (Å²) in [6, 6.07) is 15.8. The first-order valence-corrected chi connectivity index (χ1v) is 8.10. The standard InChI is InChI=1S/C18H18N4OS/c1-3-23-16-9-7-15(8-10-16)17-20-21-18(24)22(17)19-12-14-6-4-5-13(2)11-14/h4-12H,3H2,1-2H3,(H,21,24). The fourth-order valence-electron chi connectivity index (χ4n) is 2.33. The molecule has 0 aliphatic rings.